The number of benzene rings is 3. The number of aryl methyl sites for hydroxylation is 1. The predicted molar refractivity (Wildman–Crippen MR) is 138 cm³/mol. The molecule has 3 aromatic carbocycles. The van der Waals surface area contributed by atoms with E-state index in [1.54, 1.807) is 0 Å². The van der Waals surface area contributed by atoms with Crippen LogP contribution in [0.1, 0.15) is 35.2 Å². The summed E-state index contributed by atoms with van der Waals surface area (Å²) in [5, 5.41) is 4.35. The molecule has 35 heavy (non-hydrogen) atoms. The van der Waals surface area contributed by atoms with Gasteiger partial charge in [0.1, 0.15) is 5.82 Å². The lowest BCUT2D eigenvalue weighted by Gasteiger charge is -2.31. The van der Waals surface area contributed by atoms with Crippen LogP contribution >= 0.6 is 0 Å². The van der Waals surface area contributed by atoms with Gasteiger partial charge >= 0.3 is 0 Å². The second-order valence-corrected chi connectivity index (χ2v) is 9.66. The fourth-order valence-corrected chi connectivity index (χ4v) is 5.10. The monoisotopic (exact) mass is 469 g/mol. The Labute approximate surface area is 206 Å². The zero-order chi connectivity index (χ0) is 24.2. The number of halogens is 1. The fraction of sp³-hybridized carbons (Fsp3) is 0.300. The Morgan fingerprint density at radius 3 is 2.46 bits per heavy atom. The number of nitrogens with one attached hydrogen (secondary N) is 1. The van der Waals surface area contributed by atoms with Gasteiger partial charge in [0.25, 0.3) is 0 Å². The molecule has 4 nitrogen and oxygen atoms in total. The van der Waals surface area contributed by atoms with Gasteiger partial charge in [-0.05, 0) is 73.6 Å². The molecular weight excluding hydrogens is 437 g/mol. The van der Waals surface area contributed by atoms with Crippen molar-refractivity contribution in [2.45, 2.75) is 39.4 Å². The van der Waals surface area contributed by atoms with E-state index in [9.17, 15) is 9.18 Å². The molecule has 1 saturated heterocycles. The first-order chi connectivity index (χ1) is 17.0. The van der Waals surface area contributed by atoms with Crippen molar-refractivity contribution in [1.82, 2.24) is 14.8 Å². The fourth-order valence-electron chi connectivity index (χ4n) is 5.10. The van der Waals surface area contributed by atoms with Crippen LogP contribution in [0.4, 0.5) is 4.39 Å². The van der Waals surface area contributed by atoms with E-state index in [2.05, 4.69) is 70.2 Å². The van der Waals surface area contributed by atoms with Crippen molar-refractivity contribution < 1.29 is 9.18 Å². The first kappa shape index (κ1) is 23.3. The molecule has 0 aliphatic carbocycles. The third-order valence-electron chi connectivity index (χ3n) is 7.04. The van der Waals surface area contributed by atoms with Gasteiger partial charge in [-0.3, -0.25) is 9.69 Å². The molecule has 0 atom stereocenters. The van der Waals surface area contributed by atoms with Crippen molar-refractivity contribution in [1.29, 1.82) is 0 Å². The van der Waals surface area contributed by atoms with Crippen LogP contribution < -0.4 is 5.32 Å². The van der Waals surface area contributed by atoms with Crippen molar-refractivity contribution in [2.75, 3.05) is 13.1 Å². The predicted octanol–water partition coefficient (Wildman–Crippen LogP) is 5.67. The van der Waals surface area contributed by atoms with E-state index in [1.807, 2.05) is 18.2 Å². The molecule has 1 aromatic heterocycles. The summed E-state index contributed by atoms with van der Waals surface area (Å²) in [5.74, 6) is 0.0230. The van der Waals surface area contributed by atoms with E-state index >= 15 is 0 Å². The molecule has 1 N–H and O–H groups in total. The number of hydrogen-bond donors (Lipinski definition) is 1. The zero-order valence-electron chi connectivity index (χ0n) is 20.2. The summed E-state index contributed by atoms with van der Waals surface area (Å²) < 4.78 is 15.7. The van der Waals surface area contributed by atoms with Crippen LogP contribution in [0.3, 0.4) is 0 Å². The highest BCUT2D eigenvalue weighted by Gasteiger charge is 2.25. The topological polar surface area (TPSA) is 37.3 Å². The van der Waals surface area contributed by atoms with Gasteiger partial charge in [0.05, 0.1) is 0 Å². The molecule has 0 radical (unpaired) electrons. The summed E-state index contributed by atoms with van der Waals surface area (Å²) in [6, 6.07) is 25.7. The van der Waals surface area contributed by atoms with E-state index in [0.29, 0.717) is 13.1 Å². The van der Waals surface area contributed by atoms with E-state index in [4.69, 9.17) is 0 Å². The first-order valence-corrected chi connectivity index (χ1v) is 12.4. The van der Waals surface area contributed by atoms with E-state index < -0.39 is 0 Å². The van der Waals surface area contributed by atoms with Crippen molar-refractivity contribution >= 4 is 16.8 Å². The van der Waals surface area contributed by atoms with Crippen LogP contribution in [0.2, 0.25) is 0 Å². The third-order valence-corrected chi connectivity index (χ3v) is 7.04. The van der Waals surface area contributed by atoms with Crippen molar-refractivity contribution in [3.05, 3.63) is 107 Å². The lowest BCUT2D eigenvalue weighted by molar-refractivity contribution is -0.126. The Bertz CT molecular complexity index is 1300. The first-order valence-electron chi connectivity index (χ1n) is 12.4. The lowest BCUT2D eigenvalue weighted by atomic mass is 9.95. The van der Waals surface area contributed by atoms with Crippen LogP contribution in [0.5, 0.6) is 0 Å². The van der Waals surface area contributed by atoms with Crippen LogP contribution in [-0.2, 0) is 24.4 Å². The second kappa shape index (κ2) is 10.4. The number of amides is 1. The third kappa shape index (κ3) is 5.63. The molecule has 5 heteroatoms. The van der Waals surface area contributed by atoms with E-state index in [0.717, 1.165) is 43.6 Å². The molecule has 1 amide bonds. The van der Waals surface area contributed by atoms with Gasteiger partial charge in [-0.25, -0.2) is 4.39 Å². The highest BCUT2D eigenvalue weighted by molar-refractivity contribution is 5.81. The van der Waals surface area contributed by atoms with Crippen molar-refractivity contribution in [3.63, 3.8) is 0 Å². The number of piperidine rings is 1. The van der Waals surface area contributed by atoms with Gasteiger partial charge in [0.2, 0.25) is 5.91 Å². The highest BCUT2D eigenvalue weighted by Crippen LogP contribution is 2.25. The molecule has 1 aliphatic rings. The average Bonchev–Trinajstić information content (AvgIpc) is 3.21. The van der Waals surface area contributed by atoms with Crippen LogP contribution in [0.25, 0.3) is 10.9 Å². The number of carbonyl (C=O) groups excluding carboxylic acids is 1. The smallest absolute Gasteiger partial charge is 0.223 e. The average molecular weight is 470 g/mol. The van der Waals surface area contributed by atoms with Gasteiger partial charge in [0.15, 0.2) is 0 Å². The minimum absolute atomic E-state index is 0.0705. The Kier molecular flexibility index (Phi) is 6.96. The molecule has 0 bridgehead atoms. The van der Waals surface area contributed by atoms with Crippen LogP contribution in [-0.4, -0.2) is 28.5 Å². The molecule has 1 fully saturated rings. The van der Waals surface area contributed by atoms with Crippen molar-refractivity contribution in [3.8, 4) is 0 Å². The molecular formula is C30H32FN3O. The lowest BCUT2D eigenvalue weighted by Crippen LogP contribution is -2.40. The Morgan fingerprint density at radius 2 is 1.69 bits per heavy atom. The molecule has 180 valence electrons. The molecule has 4 aromatic rings. The molecule has 0 unspecified atom stereocenters. The van der Waals surface area contributed by atoms with Crippen LogP contribution in [0.15, 0.2) is 78.9 Å². The SMILES string of the molecule is Cc1cccc(CNC(=O)C2CCN(Cc3cc4ccccc4n3Cc3ccc(F)cc3)CC2)c1. The summed E-state index contributed by atoms with van der Waals surface area (Å²) in [6.45, 7) is 6.01. The highest BCUT2D eigenvalue weighted by atomic mass is 19.1. The molecule has 0 spiro atoms. The largest absolute Gasteiger partial charge is 0.352 e. The summed E-state index contributed by atoms with van der Waals surface area (Å²) in [5.41, 5.74) is 5.87. The summed E-state index contributed by atoms with van der Waals surface area (Å²) in [4.78, 5) is 15.2. The second-order valence-electron chi connectivity index (χ2n) is 9.66. The Balaban J connectivity index is 1.22. The number of aromatic nitrogens is 1. The maximum atomic E-state index is 13.4. The number of rotatable bonds is 7. The number of likely N-dealkylation sites (tertiary alicyclic amines) is 1. The molecule has 2 heterocycles. The van der Waals surface area contributed by atoms with E-state index in [-0.39, 0.29) is 17.6 Å². The van der Waals surface area contributed by atoms with E-state index in [1.165, 1.54) is 34.3 Å². The van der Waals surface area contributed by atoms with Gasteiger partial charge in [-0.15, -0.1) is 0 Å². The number of carbonyl (C=O) groups is 1. The number of para-hydroxylation sites is 1. The molecule has 0 saturated carbocycles. The minimum Gasteiger partial charge on any atom is -0.352 e. The normalized spacial score (nSPS) is 14.9. The summed E-state index contributed by atoms with van der Waals surface area (Å²) in [6.07, 6.45) is 1.75. The van der Waals surface area contributed by atoms with Gasteiger partial charge in [0, 0.05) is 36.8 Å². The maximum Gasteiger partial charge on any atom is 0.223 e. The standard InChI is InChI=1S/C30H32FN3O/c1-22-5-4-6-24(17-22)19-32-30(35)25-13-15-33(16-14-25)21-28-18-26-7-2-3-8-29(26)34(28)20-23-9-11-27(31)12-10-23/h2-12,17-18,25H,13-16,19-21H2,1H3,(H,32,35). The molecule has 5 rings (SSSR count). The number of nitrogens with zero attached hydrogens (tertiary/aromatic N) is 2. The van der Waals surface area contributed by atoms with Crippen molar-refractivity contribution in [2.24, 2.45) is 5.92 Å². The quantitative estimate of drug-likeness (QED) is 0.379. The maximum absolute atomic E-state index is 13.4. The number of hydrogen-bond acceptors (Lipinski definition) is 2. The minimum atomic E-state index is -0.211. The summed E-state index contributed by atoms with van der Waals surface area (Å²) in [7, 11) is 0. The number of fused-ring (bicyclic) bond motifs is 1. The van der Waals surface area contributed by atoms with Gasteiger partial charge in [-0.1, -0.05) is 60.2 Å². The van der Waals surface area contributed by atoms with Gasteiger partial charge < -0.3 is 9.88 Å². The Hall–Kier alpha value is -3.44. The van der Waals surface area contributed by atoms with Gasteiger partial charge in [-0.2, -0.15) is 0 Å². The molecule has 1 aliphatic heterocycles. The Morgan fingerprint density at radius 1 is 0.914 bits per heavy atom. The zero-order valence-corrected chi connectivity index (χ0v) is 20.2. The van der Waals surface area contributed by atoms with Crippen LogP contribution in [0, 0.1) is 18.7 Å². The summed E-state index contributed by atoms with van der Waals surface area (Å²) >= 11 is 0.